The van der Waals surface area contributed by atoms with E-state index in [-0.39, 0.29) is 11.7 Å². The van der Waals surface area contributed by atoms with Crippen molar-refractivity contribution in [1.82, 2.24) is 14.5 Å². The van der Waals surface area contributed by atoms with Gasteiger partial charge in [0.2, 0.25) is 5.91 Å². The van der Waals surface area contributed by atoms with Crippen molar-refractivity contribution in [3.05, 3.63) is 83.3 Å². The molecule has 0 saturated heterocycles. The molecule has 1 N–H and O–H groups in total. The van der Waals surface area contributed by atoms with Crippen LogP contribution in [-0.2, 0) is 17.0 Å². The number of halogens is 1. The summed E-state index contributed by atoms with van der Waals surface area (Å²) in [6.07, 6.45) is 4.55. The Labute approximate surface area is 204 Å². The third-order valence-electron chi connectivity index (χ3n) is 5.80. The average Bonchev–Trinajstić information content (AvgIpc) is 3.25. The van der Waals surface area contributed by atoms with Crippen molar-refractivity contribution < 1.29 is 9.18 Å². The third-order valence-corrected chi connectivity index (χ3v) is 6.72. The van der Waals surface area contributed by atoms with Gasteiger partial charge in [-0.05, 0) is 66.8 Å². The lowest BCUT2D eigenvalue weighted by Crippen LogP contribution is -2.27. The first-order valence-electron chi connectivity index (χ1n) is 11.6. The van der Waals surface area contributed by atoms with E-state index in [9.17, 15) is 9.18 Å². The first-order chi connectivity index (χ1) is 16.5. The first kappa shape index (κ1) is 24.0. The van der Waals surface area contributed by atoms with E-state index in [0.717, 1.165) is 35.3 Å². The Morgan fingerprint density at radius 3 is 2.59 bits per heavy atom. The second kappa shape index (κ2) is 10.8. The third kappa shape index (κ3) is 5.47. The standard InChI is InChI=1S/C27H29FN4OS/c1-4-7-19-10-9-18(3)23(16-19)29-26(33)24(5-2)32-15-6-8-22-25(32)31-27(30-22)34-17-20-11-13-21(28)14-12-20/h6,8-16,24H,4-5,7,17H2,1-3H3,(H,29,33). The largest absolute Gasteiger partial charge is 0.324 e. The van der Waals surface area contributed by atoms with E-state index in [2.05, 4.69) is 35.4 Å². The van der Waals surface area contributed by atoms with Gasteiger partial charge in [0.05, 0.1) is 0 Å². The van der Waals surface area contributed by atoms with Gasteiger partial charge in [-0.1, -0.05) is 56.3 Å². The summed E-state index contributed by atoms with van der Waals surface area (Å²) in [5, 5.41) is 3.77. The molecular formula is C27H29FN4OS. The van der Waals surface area contributed by atoms with Gasteiger partial charge < -0.3 is 9.88 Å². The Morgan fingerprint density at radius 2 is 1.85 bits per heavy atom. The van der Waals surface area contributed by atoms with E-state index in [1.165, 1.54) is 29.5 Å². The number of imidazole rings is 1. The summed E-state index contributed by atoms with van der Waals surface area (Å²) >= 11 is 1.49. The molecule has 2 aromatic carbocycles. The number of amides is 1. The molecule has 2 aromatic rings. The average molecular weight is 477 g/mol. The van der Waals surface area contributed by atoms with Gasteiger partial charge in [0.1, 0.15) is 17.6 Å². The van der Waals surface area contributed by atoms with Crippen LogP contribution in [0.15, 0.2) is 66.0 Å². The zero-order valence-electron chi connectivity index (χ0n) is 19.7. The summed E-state index contributed by atoms with van der Waals surface area (Å²) in [6.45, 7) is 6.15. The summed E-state index contributed by atoms with van der Waals surface area (Å²) < 4.78 is 15.1. The lowest BCUT2D eigenvalue weighted by Gasteiger charge is -2.21. The van der Waals surface area contributed by atoms with Crippen LogP contribution >= 0.6 is 11.8 Å². The second-order valence-corrected chi connectivity index (χ2v) is 9.30. The fourth-order valence-corrected chi connectivity index (χ4v) is 4.74. The van der Waals surface area contributed by atoms with Gasteiger partial charge in [0.25, 0.3) is 0 Å². The summed E-state index contributed by atoms with van der Waals surface area (Å²) in [7, 11) is 0. The van der Waals surface area contributed by atoms with Crippen molar-refractivity contribution in [2.75, 3.05) is 5.32 Å². The van der Waals surface area contributed by atoms with Crippen LogP contribution in [0.4, 0.5) is 10.1 Å². The highest BCUT2D eigenvalue weighted by atomic mass is 32.2. The van der Waals surface area contributed by atoms with E-state index < -0.39 is 6.04 Å². The van der Waals surface area contributed by atoms with E-state index in [4.69, 9.17) is 4.98 Å². The topological polar surface area (TPSA) is 59.8 Å². The predicted molar refractivity (Wildman–Crippen MR) is 136 cm³/mol. The predicted octanol–water partition coefficient (Wildman–Crippen LogP) is 6.67. The maximum absolute atomic E-state index is 13.3. The number of carbonyl (C=O) groups excluding carboxylic acids is 1. The smallest absolute Gasteiger partial charge is 0.247 e. The number of aryl methyl sites for hydroxylation is 2. The summed E-state index contributed by atoms with van der Waals surface area (Å²) in [5.74, 6) is 1.01. The number of aromatic nitrogens is 3. The van der Waals surface area contributed by atoms with Crippen molar-refractivity contribution in [3.63, 3.8) is 0 Å². The lowest BCUT2D eigenvalue weighted by molar-refractivity contribution is -0.119. The molecule has 2 heterocycles. The number of carbonyl (C=O) groups is 1. The van der Waals surface area contributed by atoms with Crippen LogP contribution in [0.25, 0.3) is 11.5 Å². The molecule has 5 nitrogen and oxygen atoms in total. The molecule has 0 aliphatic carbocycles. The molecule has 2 aliphatic rings. The molecule has 0 spiro atoms. The van der Waals surface area contributed by atoms with Crippen LogP contribution in [0.2, 0.25) is 0 Å². The number of fused-ring (bicyclic) bond motifs is 1. The molecule has 2 aliphatic heterocycles. The van der Waals surface area contributed by atoms with Crippen molar-refractivity contribution >= 4 is 23.4 Å². The van der Waals surface area contributed by atoms with Crippen molar-refractivity contribution in [3.8, 4) is 11.5 Å². The SMILES string of the molecule is CCCc1ccc(C)c(NC(=O)C(CC)n2cccc3nc(SCc4ccc(F)cc4)nc2-3)c1. The minimum Gasteiger partial charge on any atom is -0.324 e. The second-order valence-electron chi connectivity index (χ2n) is 8.36. The van der Waals surface area contributed by atoms with Crippen molar-refractivity contribution in [2.24, 2.45) is 0 Å². The molecule has 1 amide bonds. The van der Waals surface area contributed by atoms with E-state index in [1.54, 1.807) is 12.1 Å². The first-order valence-corrected chi connectivity index (χ1v) is 12.6. The Kier molecular flexibility index (Phi) is 7.63. The minimum atomic E-state index is -0.412. The Balaban J connectivity index is 1.54. The van der Waals surface area contributed by atoms with Gasteiger partial charge in [0.15, 0.2) is 11.0 Å². The molecule has 34 heavy (non-hydrogen) atoms. The van der Waals surface area contributed by atoms with Gasteiger partial charge in [-0.25, -0.2) is 14.4 Å². The number of rotatable bonds is 9. The number of thioether (sulfide) groups is 1. The normalized spacial score (nSPS) is 12.1. The lowest BCUT2D eigenvalue weighted by atomic mass is 10.1. The van der Waals surface area contributed by atoms with Crippen LogP contribution < -0.4 is 5.32 Å². The van der Waals surface area contributed by atoms with Gasteiger partial charge >= 0.3 is 0 Å². The maximum Gasteiger partial charge on any atom is 0.247 e. The van der Waals surface area contributed by atoms with Gasteiger partial charge in [-0.15, -0.1) is 0 Å². The number of anilines is 1. The zero-order chi connectivity index (χ0) is 24.1. The number of hydrogen-bond donors (Lipinski definition) is 1. The van der Waals surface area contributed by atoms with Gasteiger partial charge in [0, 0.05) is 17.6 Å². The summed E-state index contributed by atoms with van der Waals surface area (Å²) in [6, 6.07) is 16.1. The number of nitrogens with one attached hydrogen (secondary N) is 1. The number of benzene rings is 2. The minimum absolute atomic E-state index is 0.0692. The van der Waals surface area contributed by atoms with Crippen molar-refractivity contribution in [1.29, 1.82) is 0 Å². The highest BCUT2D eigenvalue weighted by molar-refractivity contribution is 7.98. The van der Waals surface area contributed by atoms with Gasteiger partial charge in [-0.2, -0.15) is 0 Å². The zero-order valence-corrected chi connectivity index (χ0v) is 20.5. The Bertz CT molecular complexity index is 1240. The summed E-state index contributed by atoms with van der Waals surface area (Å²) in [5.41, 5.74) is 4.86. The van der Waals surface area contributed by atoms with E-state index >= 15 is 0 Å². The Morgan fingerprint density at radius 1 is 1.09 bits per heavy atom. The monoisotopic (exact) mass is 476 g/mol. The number of pyridine rings is 1. The highest BCUT2D eigenvalue weighted by Crippen LogP contribution is 2.30. The fraction of sp³-hybridized carbons (Fsp3) is 0.296. The number of hydrogen-bond acceptors (Lipinski definition) is 4. The molecule has 7 heteroatoms. The van der Waals surface area contributed by atoms with E-state index in [0.29, 0.717) is 23.2 Å². The molecule has 176 valence electrons. The van der Waals surface area contributed by atoms with Crippen molar-refractivity contribution in [2.45, 2.75) is 57.0 Å². The summed E-state index contributed by atoms with van der Waals surface area (Å²) in [4.78, 5) is 22.7. The highest BCUT2D eigenvalue weighted by Gasteiger charge is 2.24. The van der Waals surface area contributed by atoms with Crippen LogP contribution in [0.3, 0.4) is 0 Å². The molecule has 0 bridgehead atoms. The molecular weight excluding hydrogens is 447 g/mol. The molecule has 1 unspecified atom stereocenters. The molecule has 0 fully saturated rings. The van der Waals surface area contributed by atoms with Gasteiger partial charge in [-0.3, -0.25) is 4.79 Å². The molecule has 0 saturated carbocycles. The van der Waals surface area contributed by atoms with Crippen LogP contribution in [0.1, 0.15) is 49.4 Å². The molecule has 4 rings (SSSR count). The van der Waals surface area contributed by atoms with Crippen LogP contribution in [0.5, 0.6) is 0 Å². The fourth-order valence-electron chi connectivity index (χ4n) is 3.94. The Hall–Kier alpha value is -3.19. The van der Waals surface area contributed by atoms with Crippen LogP contribution in [0, 0.1) is 12.7 Å². The molecule has 1 atom stereocenters. The molecule has 0 radical (unpaired) electrons. The maximum atomic E-state index is 13.3. The van der Waals surface area contributed by atoms with Crippen LogP contribution in [-0.4, -0.2) is 20.4 Å². The quantitative estimate of drug-likeness (QED) is 0.274. The molecule has 0 aromatic heterocycles. The number of nitrogens with zero attached hydrogens (tertiary/aromatic N) is 3. The van der Waals surface area contributed by atoms with E-state index in [1.807, 2.05) is 36.7 Å².